The van der Waals surface area contributed by atoms with Gasteiger partial charge in [0.05, 0.1) is 11.4 Å². The minimum absolute atomic E-state index is 0.0347. The van der Waals surface area contributed by atoms with E-state index in [0.717, 1.165) is 23.7 Å². The van der Waals surface area contributed by atoms with Gasteiger partial charge in [0, 0.05) is 38.5 Å². The fraction of sp³-hybridized carbons (Fsp3) is 0.235. The monoisotopic (exact) mass is 377 g/mol. The molecule has 0 saturated heterocycles. The van der Waals surface area contributed by atoms with Crippen LogP contribution < -0.4 is 5.32 Å². The standard InChI is InChI=1S/C17H17F2N5OS/c1-23-7-3-4-12(23)9-15-21-22-17(24(15)2)26-10-16(25)20-14-6-5-11(18)8-13(14)19/h3-8H,9-10H2,1-2H3,(H,20,25). The zero-order valence-corrected chi connectivity index (χ0v) is 15.1. The molecule has 0 aliphatic rings. The maximum Gasteiger partial charge on any atom is 0.234 e. The molecule has 9 heteroatoms. The van der Waals surface area contributed by atoms with Crippen LogP contribution in [0.5, 0.6) is 0 Å². The second-order valence-corrected chi connectivity index (χ2v) is 6.65. The number of anilines is 1. The SMILES string of the molecule is Cn1cccc1Cc1nnc(SCC(=O)Nc2ccc(F)cc2F)n1C. The summed E-state index contributed by atoms with van der Waals surface area (Å²) in [6, 6.07) is 6.96. The largest absolute Gasteiger partial charge is 0.354 e. The molecule has 0 bridgehead atoms. The number of hydrogen-bond acceptors (Lipinski definition) is 4. The Balaban J connectivity index is 1.59. The van der Waals surface area contributed by atoms with Crippen molar-refractivity contribution < 1.29 is 13.6 Å². The van der Waals surface area contributed by atoms with Gasteiger partial charge in [-0.2, -0.15) is 0 Å². The number of aromatic nitrogens is 4. The molecule has 26 heavy (non-hydrogen) atoms. The molecule has 0 radical (unpaired) electrons. The molecule has 3 rings (SSSR count). The molecule has 2 aromatic heterocycles. The Morgan fingerprint density at radius 2 is 2.04 bits per heavy atom. The normalized spacial score (nSPS) is 10.9. The molecule has 0 spiro atoms. The van der Waals surface area contributed by atoms with Crippen molar-refractivity contribution in [2.45, 2.75) is 11.6 Å². The average Bonchev–Trinajstić information content (AvgIpc) is 3.15. The van der Waals surface area contributed by atoms with Crippen molar-refractivity contribution in [2.24, 2.45) is 14.1 Å². The highest BCUT2D eigenvalue weighted by Gasteiger charge is 2.14. The van der Waals surface area contributed by atoms with E-state index in [1.807, 2.05) is 41.6 Å². The maximum absolute atomic E-state index is 13.6. The van der Waals surface area contributed by atoms with Gasteiger partial charge in [0.2, 0.25) is 5.91 Å². The lowest BCUT2D eigenvalue weighted by atomic mass is 10.3. The molecular formula is C17H17F2N5OS. The molecule has 6 nitrogen and oxygen atoms in total. The van der Waals surface area contributed by atoms with Crippen molar-refractivity contribution >= 4 is 23.4 Å². The van der Waals surface area contributed by atoms with Gasteiger partial charge in [-0.15, -0.1) is 10.2 Å². The minimum Gasteiger partial charge on any atom is -0.354 e. The number of hydrogen-bond donors (Lipinski definition) is 1. The molecule has 136 valence electrons. The van der Waals surface area contributed by atoms with Crippen LogP contribution in [0.4, 0.5) is 14.5 Å². The number of aryl methyl sites for hydroxylation is 1. The van der Waals surface area contributed by atoms with Gasteiger partial charge in [-0.1, -0.05) is 11.8 Å². The lowest BCUT2D eigenvalue weighted by molar-refractivity contribution is -0.113. The van der Waals surface area contributed by atoms with E-state index in [-0.39, 0.29) is 11.4 Å². The molecule has 0 atom stereocenters. The smallest absolute Gasteiger partial charge is 0.234 e. The summed E-state index contributed by atoms with van der Waals surface area (Å²) in [6.07, 6.45) is 2.58. The summed E-state index contributed by atoms with van der Waals surface area (Å²) in [5.41, 5.74) is 1.04. The van der Waals surface area contributed by atoms with Crippen molar-refractivity contribution in [2.75, 3.05) is 11.1 Å². The predicted molar refractivity (Wildman–Crippen MR) is 94.9 cm³/mol. The topological polar surface area (TPSA) is 64.7 Å². The zero-order chi connectivity index (χ0) is 18.7. The quantitative estimate of drug-likeness (QED) is 0.671. The van der Waals surface area contributed by atoms with Crippen LogP contribution in [0.15, 0.2) is 41.7 Å². The third kappa shape index (κ3) is 4.10. The first-order valence-corrected chi connectivity index (χ1v) is 8.79. The van der Waals surface area contributed by atoms with Crippen LogP contribution in [0.25, 0.3) is 0 Å². The lowest BCUT2D eigenvalue weighted by Gasteiger charge is -2.07. The summed E-state index contributed by atoms with van der Waals surface area (Å²) < 4.78 is 30.3. The Bertz CT molecular complexity index is 937. The highest BCUT2D eigenvalue weighted by atomic mass is 32.2. The molecule has 1 amide bonds. The number of carbonyl (C=O) groups is 1. The first-order chi connectivity index (χ1) is 12.4. The maximum atomic E-state index is 13.6. The third-order valence-electron chi connectivity index (χ3n) is 3.85. The second-order valence-electron chi connectivity index (χ2n) is 5.71. The molecule has 0 aliphatic heterocycles. The predicted octanol–water partition coefficient (Wildman–Crippen LogP) is 2.75. The van der Waals surface area contributed by atoms with E-state index >= 15 is 0 Å². The fourth-order valence-corrected chi connectivity index (χ4v) is 3.10. The highest BCUT2D eigenvalue weighted by Crippen LogP contribution is 2.19. The van der Waals surface area contributed by atoms with E-state index in [4.69, 9.17) is 0 Å². The molecule has 0 aliphatic carbocycles. The van der Waals surface area contributed by atoms with Gasteiger partial charge in [0.25, 0.3) is 0 Å². The summed E-state index contributed by atoms with van der Waals surface area (Å²) in [5, 5.41) is 11.3. The highest BCUT2D eigenvalue weighted by molar-refractivity contribution is 7.99. The van der Waals surface area contributed by atoms with Gasteiger partial charge in [0.1, 0.15) is 17.5 Å². The Kier molecular flexibility index (Phi) is 5.36. The van der Waals surface area contributed by atoms with Crippen molar-refractivity contribution in [3.63, 3.8) is 0 Å². The van der Waals surface area contributed by atoms with E-state index in [9.17, 15) is 13.6 Å². The first kappa shape index (κ1) is 18.1. The molecule has 0 unspecified atom stereocenters. The van der Waals surface area contributed by atoms with Gasteiger partial charge >= 0.3 is 0 Å². The Morgan fingerprint density at radius 1 is 1.23 bits per heavy atom. The van der Waals surface area contributed by atoms with Crippen molar-refractivity contribution in [3.05, 3.63) is 59.7 Å². The zero-order valence-electron chi connectivity index (χ0n) is 14.2. The fourth-order valence-electron chi connectivity index (χ4n) is 2.37. The van der Waals surface area contributed by atoms with E-state index < -0.39 is 17.5 Å². The summed E-state index contributed by atoms with van der Waals surface area (Å²) in [5.74, 6) is -1.11. The van der Waals surface area contributed by atoms with Gasteiger partial charge in [-0.3, -0.25) is 4.79 Å². The number of carbonyl (C=O) groups excluding carboxylic acids is 1. The molecule has 0 fully saturated rings. The molecular weight excluding hydrogens is 360 g/mol. The van der Waals surface area contributed by atoms with Crippen LogP contribution >= 0.6 is 11.8 Å². The van der Waals surface area contributed by atoms with Crippen LogP contribution in [0, 0.1) is 11.6 Å². The van der Waals surface area contributed by atoms with Crippen molar-refractivity contribution in [1.29, 1.82) is 0 Å². The number of thioether (sulfide) groups is 1. The van der Waals surface area contributed by atoms with Crippen molar-refractivity contribution in [3.8, 4) is 0 Å². The Labute approximate surface area is 153 Å². The van der Waals surface area contributed by atoms with E-state index in [1.54, 1.807) is 0 Å². The molecule has 3 aromatic rings. The van der Waals surface area contributed by atoms with Gasteiger partial charge in [-0.25, -0.2) is 8.78 Å². The van der Waals surface area contributed by atoms with Gasteiger partial charge < -0.3 is 14.5 Å². The Morgan fingerprint density at radius 3 is 2.73 bits per heavy atom. The lowest BCUT2D eigenvalue weighted by Crippen LogP contribution is -2.15. The van der Waals surface area contributed by atoms with E-state index in [0.29, 0.717) is 11.6 Å². The molecule has 0 saturated carbocycles. The minimum atomic E-state index is -0.813. The van der Waals surface area contributed by atoms with E-state index in [1.165, 1.54) is 17.8 Å². The van der Waals surface area contributed by atoms with Crippen molar-refractivity contribution in [1.82, 2.24) is 19.3 Å². The molecule has 1 aromatic carbocycles. The number of halogens is 2. The summed E-state index contributed by atoms with van der Waals surface area (Å²) >= 11 is 1.20. The summed E-state index contributed by atoms with van der Waals surface area (Å²) in [7, 11) is 3.79. The number of nitrogens with zero attached hydrogens (tertiary/aromatic N) is 4. The number of nitrogens with one attached hydrogen (secondary N) is 1. The Hall–Kier alpha value is -2.68. The average molecular weight is 377 g/mol. The summed E-state index contributed by atoms with van der Waals surface area (Å²) in [6.45, 7) is 0. The van der Waals surface area contributed by atoms with Gasteiger partial charge in [-0.05, 0) is 24.3 Å². The van der Waals surface area contributed by atoms with Gasteiger partial charge in [0.15, 0.2) is 5.16 Å². The molecule has 2 heterocycles. The molecule has 1 N–H and O–H groups in total. The van der Waals surface area contributed by atoms with Crippen LogP contribution in [0.2, 0.25) is 0 Å². The number of rotatable bonds is 6. The van der Waals surface area contributed by atoms with Crippen LogP contribution in [0.3, 0.4) is 0 Å². The number of benzene rings is 1. The first-order valence-electron chi connectivity index (χ1n) is 7.80. The van der Waals surface area contributed by atoms with Crippen LogP contribution in [0.1, 0.15) is 11.5 Å². The third-order valence-corrected chi connectivity index (χ3v) is 4.87. The van der Waals surface area contributed by atoms with Crippen LogP contribution in [-0.4, -0.2) is 31.0 Å². The number of amides is 1. The second kappa shape index (κ2) is 7.69. The summed E-state index contributed by atoms with van der Waals surface area (Å²) in [4.78, 5) is 12.0. The van der Waals surface area contributed by atoms with Crippen LogP contribution in [-0.2, 0) is 25.3 Å². The van der Waals surface area contributed by atoms with E-state index in [2.05, 4.69) is 15.5 Å².